The Kier molecular flexibility index (Phi) is 6.23. The lowest BCUT2D eigenvalue weighted by Gasteiger charge is -2.26. The van der Waals surface area contributed by atoms with Crippen molar-refractivity contribution in [2.75, 3.05) is 13.1 Å². The Morgan fingerprint density at radius 3 is 2.48 bits per heavy atom. The first kappa shape index (κ1) is 19.5. The van der Waals surface area contributed by atoms with Crippen LogP contribution in [0.2, 0.25) is 0 Å². The van der Waals surface area contributed by atoms with Gasteiger partial charge >= 0.3 is 0 Å². The van der Waals surface area contributed by atoms with Crippen molar-refractivity contribution in [3.63, 3.8) is 0 Å². The standard InChI is InChI=1S/C20H29N5O2/c1-3-25(4-2)14-17-22-19(24-27-17)20(11-5-6-12-20)23-18(26)16-9-7-15(13-21)8-10-16/h7-10H,3-6,11-14,21H2,1-2H3,(H,23,26). The molecule has 3 rings (SSSR count). The molecule has 0 atom stereocenters. The van der Waals surface area contributed by atoms with Crippen LogP contribution >= 0.6 is 0 Å². The molecule has 0 saturated heterocycles. The number of benzene rings is 1. The van der Waals surface area contributed by atoms with Gasteiger partial charge in [-0.1, -0.05) is 44.0 Å². The van der Waals surface area contributed by atoms with Gasteiger partial charge in [-0.2, -0.15) is 4.98 Å². The zero-order valence-corrected chi connectivity index (χ0v) is 16.2. The summed E-state index contributed by atoms with van der Waals surface area (Å²) in [6, 6.07) is 7.38. The molecule has 0 unspecified atom stereocenters. The van der Waals surface area contributed by atoms with Crippen LogP contribution in [0.1, 0.15) is 67.2 Å². The molecule has 1 aliphatic carbocycles. The van der Waals surface area contributed by atoms with Crippen LogP contribution in [0.3, 0.4) is 0 Å². The van der Waals surface area contributed by atoms with Crippen molar-refractivity contribution in [2.45, 2.75) is 58.2 Å². The first-order valence-electron chi connectivity index (χ1n) is 9.77. The highest BCUT2D eigenvalue weighted by atomic mass is 16.5. The minimum absolute atomic E-state index is 0.115. The van der Waals surface area contributed by atoms with Gasteiger partial charge in [0.25, 0.3) is 5.91 Å². The van der Waals surface area contributed by atoms with Crippen LogP contribution in [0.15, 0.2) is 28.8 Å². The number of carbonyl (C=O) groups excluding carboxylic acids is 1. The van der Waals surface area contributed by atoms with Crippen LogP contribution in [0.5, 0.6) is 0 Å². The fraction of sp³-hybridized carbons (Fsp3) is 0.550. The highest BCUT2D eigenvalue weighted by Gasteiger charge is 2.41. The van der Waals surface area contributed by atoms with Crippen LogP contribution in [0, 0.1) is 0 Å². The van der Waals surface area contributed by atoms with Gasteiger partial charge in [0.05, 0.1) is 6.54 Å². The molecule has 0 bridgehead atoms. The van der Waals surface area contributed by atoms with E-state index in [0.717, 1.165) is 44.3 Å². The maximum absolute atomic E-state index is 12.8. The minimum atomic E-state index is -0.547. The van der Waals surface area contributed by atoms with E-state index >= 15 is 0 Å². The number of carbonyl (C=O) groups is 1. The maximum atomic E-state index is 12.8. The summed E-state index contributed by atoms with van der Waals surface area (Å²) in [7, 11) is 0. The van der Waals surface area contributed by atoms with Gasteiger partial charge in [-0.15, -0.1) is 0 Å². The molecule has 1 heterocycles. The summed E-state index contributed by atoms with van der Waals surface area (Å²) in [5.74, 6) is 1.08. The van der Waals surface area contributed by atoms with Gasteiger partial charge < -0.3 is 15.6 Å². The predicted molar refractivity (Wildman–Crippen MR) is 103 cm³/mol. The van der Waals surface area contributed by atoms with Gasteiger partial charge in [0.1, 0.15) is 5.54 Å². The molecule has 1 aromatic carbocycles. The van der Waals surface area contributed by atoms with Crippen molar-refractivity contribution >= 4 is 5.91 Å². The number of hydrogen-bond donors (Lipinski definition) is 2. The summed E-state index contributed by atoms with van der Waals surface area (Å²) < 4.78 is 5.49. The van der Waals surface area contributed by atoms with Crippen LogP contribution < -0.4 is 11.1 Å². The van der Waals surface area contributed by atoms with Gasteiger partial charge in [0.15, 0.2) is 5.82 Å². The molecule has 1 fully saturated rings. The average molecular weight is 371 g/mol. The second-order valence-corrected chi connectivity index (χ2v) is 7.12. The van der Waals surface area contributed by atoms with Crippen molar-refractivity contribution in [3.8, 4) is 0 Å². The molecule has 27 heavy (non-hydrogen) atoms. The van der Waals surface area contributed by atoms with E-state index in [1.165, 1.54) is 0 Å². The third kappa shape index (κ3) is 4.36. The molecule has 1 aromatic heterocycles. The molecule has 0 spiro atoms. The van der Waals surface area contributed by atoms with Gasteiger partial charge in [-0.25, -0.2) is 0 Å². The van der Waals surface area contributed by atoms with Crippen molar-refractivity contribution in [1.29, 1.82) is 0 Å². The molecule has 0 radical (unpaired) electrons. The lowest BCUT2D eigenvalue weighted by Crippen LogP contribution is -2.44. The second kappa shape index (κ2) is 8.63. The van der Waals surface area contributed by atoms with Crippen LogP contribution in [0.4, 0.5) is 0 Å². The first-order valence-corrected chi connectivity index (χ1v) is 9.77. The Labute approximate surface area is 160 Å². The first-order chi connectivity index (χ1) is 13.1. The van der Waals surface area contributed by atoms with E-state index in [2.05, 4.69) is 34.2 Å². The average Bonchev–Trinajstić information content (AvgIpc) is 3.36. The molecule has 1 aliphatic rings. The summed E-state index contributed by atoms with van der Waals surface area (Å²) >= 11 is 0. The SMILES string of the molecule is CCN(CC)Cc1nc(C2(NC(=O)c3ccc(CN)cc3)CCCC2)no1. The molecule has 2 aromatic rings. The third-order valence-electron chi connectivity index (χ3n) is 5.41. The number of nitrogens with one attached hydrogen (secondary N) is 1. The van der Waals surface area contributed by atoms with Gasteiger partial charge in [-0.3, -0.25) is 9.69 Å². The molecule has 7 heteroatoms. The quantitative estimate of drug-likeness (QED) is 0.740. The van der Waals surface area contributed by atoms with E-state index < -0.39 is 5.54 Å². The fourth-order valence-corrected chi connectivity index (χ4v) is 3.62. The third-order valence-corrected chi connectivity index (χ3v) is 5.41. The monoisotopic (exact) mass is 371 g/mol. The van der Waals surface area contributed by atoms with E-state index in [1.54, 1.807) is 0 Å². The molecular formula is C20H29N5O2. The Morgan fingerprint density at radius 1 is 1.22 bits per heavy atom. The van der Waals surface area contributed by atoms with Crippen molar-refractivity contribution < 1.29 is 9.32 Å². The number of rotatable bonds is 8. The zero-order chi connectivity index (χ0) is 19.3. The molecule has 0 aliphatic heterocycles. The lowest BCUT2D eigenvalue weighted by molar-refractivity contribution is 0.0892. The Hall–Kier alpha value is -2.25. The minimum Gasteiger partial charge on any atom is -0.339 e. The molecule has 1 saturated carbocycles. The Balaban J connectivity index is 1.77. The van der Waals surface area contributed by atoms with Crippen LogP contribution in [0.25, 0.3) is 0 Å². The zero-order valence-electron chi connectivity index (χ0n) is 16.2. The van der Waals surface area contributed by atoms with E-state index in [0.29, 0.717) is 30.4 Å². The number of nitrogens with two attached hydrogens (primary N) is 1. The molecular weight excluding hydrogens is 342 g/mol. The van der Waals surface area contributed by atoms with Gasteiger partial charge in [0.2, 0.25) is 5.89 Å². The highest BCUT2D eigenvalue weighted by molar-refractivity contribution is 5.94. The van der Waals surface area contributed by atoms with Crippen molar-refractivity contribution in [3.05, 3.63) is 47.1 Å². The van der Waals surface area contributed by atoms with E-state index in [4.69, 9.17) is 10.3 Å². The van der Waals surface area contributed by atoms with Crippen molar-refractivity contribution in [1.82, 2.24) is 20.4 Å². The summed E-state index contributed by atoms with van der Waals surface area (Å²) in [6.07, 6.45) is 3.71. The summed E-state index contributed by atoms with van der Waals surface area (Å²) in [5.41, 5.74) is 6.70. The predicted octanol–water partition coefficient (Wildman–Crippen LogP) is 2.57. The largest absolute Gasteiger partial charge is 0.339 e. The Bertz CT molecular complexity index is 746. The van der Waals surface area contributed by atoms with E-state index in [9.17, 15) is 4.79 Å². The van der Waals surface area contributed by atoms with Gasteiger partial charge in [-0.05, 0) is 43.6 Å². The molecule has 1 amide bonds. The molecule has 146 valence electrons. The second-order valence-electron chi connectivity index (χ2n) is 7.12. The van der Waals surface area contributed by atoms with Crippen LogP contribution in [-0.4, -0.2) is 34.0 Å². The highest BCUT2D eigenvalue weighted by Crippen LogP contribution is 2.37. The topological polar surface area (TPSA) is 97.3 Å². The summed E-state index contributed by atoms with van der Waals surface area (Å²) in [4.78, 5) is 19.7. The number of aromatic nitrogens is 2. The van der Waals surface area contributed by atoms with Crippen LogP contribution in [-0.2, 0) is 18.6 Å². The van der Waals surface area contributed by atoms with Gasteiger partial charge in [0, 0.05) is 12.1 Å². The van der Waals surface area contributed by atoms with E-state index in [-0.39, 0.29) is 5.91 Å². The fourth-order valence-electron chi connectivity index (χ4n) is 3.62. The summed E-state index contributed by atoms with van der Waals surface area (Å²) in [5, 5.41) is 7.41. The molecule has 3 N–H and O–H groups in total. The number of nitrogens with zero attached hydrogens (tertiary/aromatic N) is 3. The van der Waals surface area contributed by atoms with E-state index in [1.807, 2.05) is 24.3 Å². The normalized spacial score (nSPS) is 16.0. The molecule has 7 nitrogen and oxygen atoms in total. The number of amides is 1. The maximum Gasteiger partial charge on any atom is 0.252 e. The van der Waals surface area contributed by atoms with Crippen molar-refractivity contribution in [2.24, 2.45) is 5.73 Å². The smallest absolute Gasteiger partial charge is 0.252 e. The number of hydrogen-bond acceptors (Lipinski definition) is 6. The Morgan fingerprint density at radius 2 is 1.89 bits per heavy atom. The summed E-state index contributed by atoms with van der Waals surface area (Å²) in [6.45, 7) is 7.16. The lowest BCUT2D eigenvalue weighted by atomic mass is 9.95.